The maximum absolute atomic E-state index is 12.6. The molecule has 0 saturated carbocycles. The molecule has 1 unspecified atom stereocenters. The van der Waals surface area contributed by atoms with E-state index < -0.39 is 0 Å². The number of amides is 2. The summed E-state index contributed by atoms with van der Waals surface area (Å²) in [5.74, 6) is 1.39. The lowest BCUT2D eigenvalue weighted by atomic mass is 9.93. The van der Waals surface area contributed by atoms with Crippen molar-refractivity contribution in [3.63, 3.8) is 0 Å². The van der Waals surface area contributed by atoms with E-state index in [1.165, 1.54) is 30.2 Å². The van der Waals surface area contributed by atoms with Crippen LogP contribution in [0.1, 0.15) is 51.0 Å². The van der Waals surface area contributed by atoms with E-state index in [1.807, 2.05) is 30.3 Å². The molecule has 1 aromatic heterocycles. The van der Waals surface area contributed by atoms with Gasteiger partial charge in [0, 0.05) is 52.4 Å². The Hall–Kier alpha value is -2.86. The molecule has 0 aliphatic carbocycles. The smallest absolute Gasteiger partial charge is 0.323 e. The average molecular weight is 463 g/mol. The minimum absolute atomic E-state index is 0.231. The Kier molecular flexibility index (Phi) is 8.00. The fourth-order valence-electron chi connectivity index (χ4n) is 4.36. The van der Waals surface area contributed by atoms with Crippen molar-refractivity contribution in [2.24, 2.45) is 0 Å². The van der Waals surface area contributed by atoms with Crippen LogP contribution in [-0.4, -0.2) is 34.8 Å². The minimum atomic E-state index is -0.231. The molecular formula is C27H34N4OS. The van der Waals surface area contributed by atoms with Crippen LogP contribution in [0.15, 0.2) is 65.8 Å². The molecule has 0 fully saturated rings. The molecule has 4 rings (SSSR count). The quantitative estimate of drug-likeness (QED) is 0.229. The minimum Gasteiger partial charge on any atom is -0.378 e. The summed E-state index contributed by atoms with van der Waals surface area (Å²) in [5, 5.41) is 7.11. The van der Waals surface area contributed by atoms with E-state index in [1.54, 1.807) is 11.8 Å². The number of benzene rings is 2. The molecule has 3 N–H and O–H groups in total. The number of thioether (sulfide) groups is 1. The highest BCUT2D eigenvalue weighted by molar-refractivity contribution is 7.99. The third-order valence-corrected chi connectivity index (χ3v) is 6.96. The van der Waals surface area contributed by atoms with E-state index in [0.29, 0.717) is 5.92 Å². The third-order valence-electron chi connectivity index (χ3n) is 6.08. The molecule has 0 bridgehead atoms. The van der Waals surface area contributed by atoms with Crippen molar-refractivity contribution in [1.82, 2.24) is 9.88 Å². The normalized spacial score (nSPS) is 15.7. The summed E-state index contributed by atoms with van der Waals surface area (Å²) < 4.78 is 0. The number of nitrogens with one attached hydrogen (secondary N) is 3. The van der Waals surface area contributed by atoms with Crippen LogP contribution in [0.2, 0.25) is 0 Å². The Labute approximate surface area is 201 Å². The van der Waals surface area contributed by atoms with Crippen molar-refractivity contribution >= 4 is 40.1 Å². The molecule has 5 nitrogen and oxygen atoms in total. The van der Waals surface area contributed by atoms with E-state index >= 15 is 0 Å². The second-order valence-electron chi connectivity index (χ2n) is 8.52. The summed E-state index contributed by atoms with van der Waals surface area (Å²) >= 11 is 1.76. The third kappa shape index (κ3) is 6.14. The molecule has 2 aromatic carbocycles. The number of nitrogens with zero attached hydrogens (tertiary/aromatic N) is 1. The summed E-state index contributed by atoms with van der Waals surface area (Å²) in [6.07, 6.45) is 11.6. The lowest BCUT2D eigenvalue weighted by Crippen LogP contribution is -2.24. The molecule has 3 aromatic rings. The van der Waals surface area contributed by atoms with Gasteiger partial charge in [0.25, 0.3) is 0 Å². The van der Waals surface area contributed by atoms with Gasteiger partial charge in [-0.05, 0) is 66.8 Å². The standard InChI is InChI=1S/C27H34N4OS/c1-3-5-6-14-31-15-12-20(13-16-31)25-19-28-26-11-10-22(18-24(25)26)30-27(32)29-21-8-7-9-23(17-21)33-4-2/h7-12,15,17-20,28H,3-6,13-14,16H2,1-2H3,(H2,29,30,32). The molecule has 33 heavy (non-hydrogen) atoms. The van der Waals surface area contributed by atoms with Crippen molar-refractivity contribution in [2.75, 3.05) is 29.5 Å². The number of H-pyrrole nitrogens is 1. The molecule has 0 radical (unpaired) electrons. The van der Waals surface area contributed by atoms with Gasteiger partial charge >= 0.3 is 6.03 Å². The summed E-state index contributed by atoms with van der Waals surface area (Å²) in [6, 6.07) is 13.8. The van der Waals surface area contributed by atoms with E-state index in [9.17, 15) is 4.79 Å². The number of hydrogen-bond acceptors (Lipinski definition) is 3. The predicted octanol–water partition coefficient (Wildman–Crippen LogP) is 7.42. The number of rotatable bonds is 9. The summed E-state index contributed by atoms with van der Waals surface area (Å²) in [5.41, 5.74) is 3.98. The van der Waals surface area contributed by atoms with Crippen LogP contribution >= 0.6 is 11.8 Å². The molecule has 2 amide bonds. The number of aromatic nitrogens is 1. The summed E-state index contributed by atoms with van der Waals surface area (Å²) in [7, 11) is 0. The molecule has 0 saturated heterocycles. The fourth-order valence-corrected chi connectivity index (χ4v) is 5.08. The van der Waals surface area contributed by atoms with E-state index in [-0.39, 0.29) is 6.03 Å². The van der Waals surface area contributed by atoms with Crippen LogP contribution in [0.4, 0.5) is 16.2 Å². The highest BCUT2D eigenvalue weighted by Gasteiger charge is 2.18. The Morgan fingerprint density at radius 3 is 2.73 bits per heavy atom. The molecule has 1 atom stereocenters. The van der Waals surface area contributed by atoms with Gasteiger partial charge in [-0.15, -0.1) is 11.8 Å². The Morgan fingerprint density at radius 2 is 1.97 bits per heavy atom. The van der Waals surface area contributed by atoms with Gasteiger partial charge in [-0.1, -0.05) is 38.8 Å². The first-order valence-electron chi connectivity index (χ1n) is 12.0. The van der Waals surface area contributed by atoms with Gasteiger partial charge in [-0.3, -0.25) is 0 Å². The number of unbranched alkanes of at least 4 members (excludes halogenated alkanes) is 2. The van der Waals surface area contributed by atoms with Crippen molar-refractivity contribution in [3.05, 3.63) is 66.5 Å². The van der Waals surface area contributed by atoms with Gasteiger partial charge in [0.2, 0.25) is 0 Å². The van der Waals surface area contributed by atoms with Crippen LogP contribution in [-0.2, 0) is 0 Å². The predicted molar refractivity (Wildman–Crippen MR) is 141 cm³/mol. The highest BCUT2D eigenvalue weighted by Crippen LogP contribution is 2.33. The topological polar surface area (TPSA) is 60.2 Å². The number of anilines is 2. The van der Waals surface area contributed by atoms with Crippen molar-refractivity contribution in [1.29, 1.82) is 0 Å². The number of carbonyl (C=O) groups is 1. The first-order chi connectivity index (χ1) is 16.2. The van der Waals surface area contributed by atoms with Crippen molar-refractivity contribution in [2.45, 2.75) is 50.3 Å². The monoisotopic (exact) mass is 462 g/mol. The summed E-state index contributed by atoms with van der Waals surface area (Å²) in [4.78, 5) is 19.6. The number of allylic oxidation sites excluding steroid dienone is 1. The zero-order chi connectivity index (χ0) is 23.0. The summed E-state index contributed by atoms with van der Waals surface area (Å²) in [6.45, 7) is 6.60. The molecule has 0 spiro atoms. The molecule has 174 valence electrons. The largest absolute Gasteiger partial charge is 0.378 e. The first kappa shape index (κ1) is 23.3. The first-order valence-corrected chi connectivity index (χ1v) is 13.0. The van der Waals surface area contributed by atoms with Gasteiger partial charge in [0.05, 0.1) is 0 Å². The van der Waals surface area contributed by atoms with Crippen LogP contribution in [0.25, 0.3) is 10.9 Å². The van der Waals surface area contributed by atoms with E-state index in [2.05, 4.69) is 65.0 Å². The Balaban J connectivity index is 1.42. The van der Waals surface area contributed by atoms with Gasteiger partial charge in [0.1, 0.15) is 0 Å². The lowest BCUT2D eigenvalue weighted by molar-refractivity contribution is 0.262. The molecule has 1 aliphatic rings. The van der Waals surface area contributed by atoms with Crippen molar-refractivity contribution < 1.29 is 4.79 Å². The number of carbonyl (C=O) groups excluding carboxylic acids is 1. The molecule has 1 aliphatic heterocycles. The maximum Gasteiger partial charge on any atom is 0.323 e. The lowest BCUT2D eigenvalue weighted by Gasteiger charge is -2.27. The average Bonchev–Trinajstić information content (AvgIpc) is 3.23. The van der Waals surface area contributed by atoms with Gasteiger partial charge < -0.3 is 20.5 Å². The molecular weight excluding hydrogens is 428 g/mol. The second-order valence-corrected chi connectivity index (χ2v) is 9.86. The van der Waals surface area contributed by atoms with Crippen LogP contribution in [0, 0.1) is 0 Å². The molecule has 6 heteroatoms. The zero-order valence-electron chi connectivity index (χ0n) is 19.6. The van der Waals surface area contributed by atoms with Gasteiger partial charge in [0.15, 0.2) is 0 Å². The number of urea groups is 1. The Morgan fingerprint density at radius 1 is 1.12 bits per heavy atom. The van der Waals surface area contributed by atoms with E-state index in [4.69, 9.17) is 0 Å². The number of hydrogen-bond donors (Lipinski definition) is 3. The van der Waals surface area contributed by atoms with Crippen LogP contribution in [0.5, 0.6) is 0 Å². The Bertz CT molecular complexity index is 1110. The van der Waals surface area contributed by atoms with E-state index in [0.717, 1.165) is 47.1 Å². The van der Waals surface area contributed by atoms with Gasteiger partial charge in [-0.2, -0.15) is 0 Å². The highest BCUT2D eigenvalue weighted by atomic mass is 32.2. The second kappa shape index (κ2) is 11.3. The van der Waals surface area contributed by atoms with Crippen LogP contribution < -0.4 is 10.6 Å². The number of aromatic amines is 1. The van der Waals surface area contributed by atoms with Gasteiger partial charge in [-0.25, -0.2) is 4.79 Å². The van der Waals surface area contributed by atoms with Crippen LogP contribution in [0.3, 0.4) is 0 Å². The number of fused-ring (bicyclic) bond motifs is 1. The fraction of sp³-hybridized carbons (Fsp3) is 0.370. The zero-order valence-corrected chi connectivity index (χ0v) is 20.4. The SMILES string of the molecule is CCCCCN1C=CC(c2c[nH]c3ccc(NC(=O)Nc4cccc(SCC)c4)cc23)CC1. The maximum atomic E-state index is 12.6. The molecule has 2 heterocycles. The van der Waals surface area contributed by atoms with Crippen molar-refractivity contribution in [3.8, 4) is 0 Å².